The molecule has 30 heavy (non-hydrogen) atoms. The van der Waals surface area contributed by atoms with E-state index >= 15 is 0 Å². The smallest absolute Gasteiger partial charge is 0.426 e. The van der Waals surface area contributed by atoms with E-state index < -0.39 is 23.9 Å². The predicted octanol–water partition coefficient (Wildman–Crippen LogP) is 5.22. The van der Waals surface area contributed by atoms with Crippen LogP contribution in [0.5, 0.6) is 0 Å². The van der Waals surface area contributed by atoms with E-state index in [4.69, 9.17) is 14.2 Å². The van der Waals surface area contributed by atoms with Crippen LogP contribution in [-0.4, -0.2) is 46.6 Å². The van der Waals surface area contributed by atoms with Crippen LogP contribution in [0.2, 0.25) is 0 Å². The number of benzene rings is 1. The third kappa shape index (κ3) is 5.59. The van der Waals surface area contributed by atoms with Crippen molar-refractivity contribution in [2.24, 2.45) is 0 Å². The Morgan fingerprint density at radius 2 is 1.57 bits per heavy atom. The van der Waals surface area contributed by atoms with Gasteiger partial charge in [0.05, 0.1) is 25.1 Å². The third-order valence-electron chi connectivity index (χ3n) is 3.56. The van der Waals surface area contributed by atoms with Crippen molar-refractivity contribution in [3.8, 4) is 11.3 Å². The summed E-state index contributed by atoms with van der Waals surface area (Å²) in [5.74, 6) is -0.293. The summed E-state index contributed by atoms with van der Waals surface area (Å²) in [5.41, 5.74) is 0.120. The first kappa shape index (κ1) is 23.4. The number of carbonyl (C=O) groups is 3. The molecule has 10 heteroatoms. The van der Waals surface area contributed by atoms with Crippen molar-refractivity contribution in [1.29, 1.82) is 0 Å². The molecule has 0 spiro atoms. The third-order valence-corrected chi connectivity index (χ3v) is 4.09. The first-order valence-corrected chi connectivity index (χ1v) is 10.1. The standard InChI is InChI=1S/C20H24BrN3O6/c1-6-28-17(25)24(18(26)29-7-2)16-22-12-15(13-8-10-14(21)11-9-13)23(16)19(27)30-20(3,4)5/h8-12H,6-7H2,1-5H3. The number of aromatic nitrogens is 2. The van der Waals surface area contributed by atoms with Gasteiger partial charge in [0, 0.05) is 10.0 Å². The second kappa shape index (κ2) is 9.75. The summed E-state index contributed by atoms with van der Waals surface area (Å²) in [6.45, 7) is 8.33. The Bertz CT molecular complexity index is 900. The van der Waals surface area contributed by atoms with Crippen molar-refractivity contribution >= 4 is 40.2 Å². The van der Waals surface area contributed by atoms with Crippen molar-refractivity contribution in [3.05, 3.63) is 34.9 Å². The van der Waals surface area contributed by atoms with Crippen molar-refractivity contribution < 1.29 is 28.6 Å². The molecule has 0 saturated carbocycles. The maximum Gasteiger partial charge on any atom is 0.426 e. The average Bonchev–Trinajstić information content (AvgIpc) is 3.06. The van der Waals surface area contributed by atoms with Crippen LogP contribution in [0.3, 0.4) is 0 Å². The highest BCUT2D eigenvalue weighted by Gasteiger charge is 2.35. The van der Waals surface area contributed by atoms with Crippen LogP contribution in [0.25, 0.3) is 11.3 Å². The highest BCUT2D eigenvalue weighted by Crippen LogP contribution is 2.28. The van der Waals surface area contributed by atoms with E-state index in [-0.39, 0.29) is 19.2 Å². The summed E-state index contributed by atoms with van der Waals surface area (Å²) in [6.07, 6.45) is -1.48. The van der Waals surface area contributed by atoms with Gasteiger partial charge in [-0.3, -0.25) is 0 Å². The van der Waals surface area contributed by atoms with Crippen LogP contribution >= 0.6 is 15.9 Å². The van der Waals surface area contributed by atoms with Crippen LogP contribution < -0.4 is 4.90 Å². The van der Waals surface area contributed by atoms with Crippen LogP contribution in [0.1, 0.15) is 34.6 Å². The first-order valence-electron chi connectivity index (χ1n) is 9.29. The SMILES string of the molecule is CCOC(=O)N(C(=O)OCC)c1ncc(-c2ccc(Br)cc2)n1C(=O)OC(C)(C)C. The van der Waals surface area contributed by atoms with Gasteiger partial charge < -0.3 is 14.2 Å². The minimum atomic E-state index is -1.02. The first-order chi connectivity index (χ1) is 14.1. The van der Waals surface area contributed by atoms with Crippen molar-refractivity contribution in [3.63, 3.8) is 0 Å². The molecule has 2 amide bonds. The van der Waals surface area contributed by atoms with E-state index in [2.05, 4.69) is 20.9 Å². The van der Waals surface area contributed by atoms with Crippen LogP contribution in [0.4, 0.5) is 20.3 Å². The number of nitrogens with zero attached hydrogens (tertiary/aromatic N) is 3. The highest BCUT2D eigenvalue weighted by molar-refractivity contribution is 9.10. The minimum absolute atomic E-state index is 0.0153. The molecule has 0 saturated heterocycles. The van der Waals surface area contributed by atoms with Crippen molar-refractivity contribution in [2.75, 3.05) is 18.1 Å². The molecule has 0 aliphatic heterocycles. The summed E-state index contributed by atoms with van der Waals surface area (Å²) >= 11 is 3.36. The van der Waals surface area contributed by atoms with Gasteiger partial charge in [-0.15, -0.1) is 4.90 Å². The van der Waals surface area contributed by atoms with E-state index in [9.17, 15) is 14.4 Å². The number of hydrogen-bond acceptors (Lipinski definition) is 7. The molecule has 0 atom stereocenters. The van der Waals surface area contributed by atoms with E-state index in [1.807, 2.05) is 0 Å². The van der Waals surface area contributed by atoms with Gasteiger partial charge in [0.15, 0.2) is 0 Å². The molecule has 2 rings (SSSR count). The molecule has 0 aliphatic carbocycles. The second-order valence-corrected chi connectivity index (χ2v) is 7.92. The molecule has 0 aliphatic rings. The van der Waals surface area contributed by atoms with E-state index in [0.29, 0.717) is 16.2 Å². The number of imide groups is 1. The van der Waals surface area contributed by atoms with Crippen molar-refractivity contribution in [2.45, 2.75) is 40.2 Å². The molecule has 0 radical (unpaired) electrons. The van der Waals surface area contributed by atoms with Gasteiger partial charge in [-0.2, -0.15) is 0 Å². The maximum absolute atomic E-state index is 13.0. The predicted molar refractivity (Wildman–Crippen MR) is 114 cm³/mol. The van der Waals surface area contributed by atoms with Gasteiger partial charge in [-0.25, -0.2) is 23.9 Å². The zero-order valence-corrected chi connectivity index (χ0v) is 19.1. The zero-order valence-electron chi connectivity index (χ0n) is 17.5. The number of ether oxygens (including phenoxy) is 3. The molecule has 9 nitrogen and oxygen atoms in total. The molecule has 162 valence electrons. The van der Waals surface area contributed by atoms with Crippen LogP contribution in [0, 0.1) is 0 Å². The number of anilines is 1. The lowest BCUT2D eigenvalue weighted by molar-refractivity contribution is 0.0542. The topological polar surface area (TPSA) is 100.0 Å². The minimum Gasteiger partial charge on any atom is -0.449 e. The molecular weight excluding hydrogens is 458 g/mol. The molecule has 1 heterocycles. The fraction of sp³-hybridized carbons (Fsp3) is 0.400. The van der Waals surface area contributed by atoms with Gasteiger partial charge in [0.2, 0.25) is 5.95 Å². The Balaban J connectivity index is 2.67. The average molecular weight is 482 g/mol. The summed E-state index contributed by atoms with van der Waals surface area (Å²) in [4.78, 5) is 42.7. The summed E-state index contributed by atoms with van der Waals surface area (Å²) < 4.78 is 17.3. The van der Waals surface area contributed by atoms with Crippen molar-refractivity contribution in [1.82, 2.24) is 9.55 Å². The summed E-state index contributed by atoms with van der Waals surface area (Å²) in [6, 6.07) is 7.08. The number of rotatable bonds is 4. The Hall–Kier alpha value is -2.88. The fourth-order valence-corrected chi connectivity index (χ4v) is 2.69. The molecular formula is C20H24BrN3O6. The second-order valence-electron chi connectivity index (χ2n) is 7.00. The molecule has 1 aromatic heterocycles. The van der Waals surface area contributed by atoms with Gasteiger partial charge in [0.25, 0.3) is 0 Å². The van der Waals surface area contributed by atoms with E-state index in [0.717, 1.165) is 9.04 Å². The van der Waals surface area contributed by atoms with Gasteiger partial charge >= 0.3 is 18.3 Å². The molecule has 0 unspecified atom stereocenters. The normalized spacial score (nSPS) is 11.0. The maximum atomic E-state index is 13.0. The number of carbonyl (C=O) groups excluding carboxylic acids is 3. The zero-order chi connectivity index (χ0) is 22.5. The fourth-order valence-electron chi connectivity index (χ4n) is 2.43. The van der Waals surface area contributed by atoms with Crippen LogP contribution in [0.15, 0.2) is 34.9 Å². The molecule has 0 fully saturated rings. The van der Waals surface area contributed by atoms with E-state index in [1.54, 1.807) is 58.9 Å². The molecule has 2 aromatic rings. The molecule has 0 bridgehead atoms. The van der Waals surface area contributed by atoms with E-state index in [1.165, 1.54) is 6.20 Å². The monoisotopic (exact) mass is 481 g/mol. The quantitative estimate of drug-likeness (QED) is 0.551. The van der Waals surface area contributed by atoms with Gasteiger partial charge in [-0.05, 0) is 46.8 Å². The number of hydrogen-bond donors (Lipinski definition) is 0. The van der Waals surface area contributed by atoms with Gasteiger partial charge in [0.1, 0.15) is 5.60 Å². The number of halogens is 1. The lowest BCUT2D eigenvalue weighted by atomic mass is 10.2. The lowest BCUT2D eigenvalue weighted by Crippen LogP contribution is -2.41. The Morgan fingerprint density at radius 1 is 1.03 bits per heavy atom. The highest BCUT2D eigenvalue weighted by atomic mass is 79.9. The Morgan fingerprint density at radius 3 is 2.03 bits per heavy atom. The summed E-state index contributed by atoms with van der Waals surface area (Å²) in [7, 11) is 0. The Labute approximate surface area is 183 Å². The number of amides is 2. The largest absolute Gasteiger partial charge is 0.449 e. The van der Waals surface area contributed by atoms with Crippen LogP contribution in [-0.2, 0) is 14.2 Å². The molecule has 1 aromatic carbocycles. The summed E-state index contributed by atoms with van der Waals surface area (Å²) in [5, 5.41) is 0. The lowest BCUT2D eigenvalue weighted by Gasteiger charge is -2.23. The molecule has 0 N–H and O–H groups in total. The Kier molecular flexibility index (Phi) is 7.60. The van der Waals surface area contributed by atoms with Gasteiger partial charge in [-0.1, -0.05) is 28.1 Å². The number of imidazole rings is 1.